The van der Waals surface area contributed by atoms with Crippen molar-refractivity contribution in [2.24, 2.45) is 0 Å². The molecule has 0 aliphatic heterocycles. The van der Waals surface area contributed by atoms with E-state index < -0.39 is 0 Å². The molecule has 0 fully saturated rings. The molecule has 1 unspecified atom stereocenters. The normalized spacial score (nSPS) is 13.0. The Labute approximate surface area is 102 Å². The summed E-state index contributed by atoms with van der Waals surface area (Å²) in [7, 11) is 0. The number of rotatable bonds is 7. The van der Waals surface area contributed by atoms with Crippen molar-refractivity contribution in [2.75, 3.05) is 13.2 Å². The molecule has 0 radical (unpaired) electrons. The zero-order chi connectivity index (χ0) is 12.0. The molecular weight excluding hydrogens is 220 g/mol. The Kier molecular flexibility index (Phi) is 5.95. The van der Waals surface area contributed by atoms with Gasteiger partial charge in [-0.3, -0.25) is 0 Å². The number of aromatic nitrogens is 1. The summed E-state index contributed by atoms with van der Waals surface area (Å²) in [5.74, 6) is 0. The summed E-state index contributed by atoms with van der Waals surface area (Å²) in [4.78, 5) is 5.89. The number of nitrogens with zero attached hydrogens (tertiary/aromatic N) is 1. The first kappa shape index (κ1) is 13.6. The molecule has 0 aromatic carbocycles. The first-order valence-electron chi connectivity index (χ1n) is 5.97. The Morgan fingerprint density at radius 3 is 2.81 bits per heavy atom. The van der Waals surface area contributed by atoms with Crippen LogP contribution in [0.1, 0.15) is 48.9 Å². The van der Waals surface area contributed by atoms with Crippen molar-refractivity contribution in [1.82, 2.24) is 10.3 Å². The molecule has 0 saturated carbocycles. The van der Waals surface area contributed by atoms with E-state index in [-0.39, 0.29) is 6.10 Å². The maximum Gasteiger partial charge on any atom is 0.122 e. The summed E-state index contributed by atoms with van der Waals surface area (Å²) in [6.07, 6.45) is 1.29. The minimum atomic E-state index is 0.119. The second-order valence-corrected chi connectivity index (χ2v) is 4.95. The van der Waals surface area contributed by atoms with Gasteiger partial charge in [0.1, 0.15) is 11.1 Å². The largest absolute Gasteiger partial charge is 0.372 e. The Morgan fingerprint density at radius 2 is 2.19 bits per heavy atom. The van der Waals surface area contributed by atoms with Crippen molar-refractivity contribution < 1.29 is 4.74 Å². The lowest BCUT2D eigenvalue weighted by molar-refractivity contribution is 0.0761. The van der Waals surface area contributed by atoms with Crippen molar-refractivity contribution in [1.29, 1.82) is 0 Å². The van der Waals surface area contributed by atoms with E-state index >= 15 is 0 Å². The lowest BCUT2D eigenvalue weighted by atomic mass is 10.3. The molecule has 1 atom stereocenters. The Morgan fingerprint density at radius 1 is 1.44 bits per heavy atom. The van der Waals surface area contributed by atoms with E-state index in [1.165, 1.54) is 11.3 Å². The van der Waals surface area contributed by atoms with Crippen LogP contribution in [-0.4, -0.2) is 18.1 Å². The maximum atomic E-state index is 5.55. The second-order valence-electron chi connectivity index (χ2n) is 3.84. The maximum absolute atomic E-state index is 5.55. The Bertz CT molecular complexity index is 312. The van der Waals surface area contributed by atoms with Crippen LogP contribution in [0.2, 0.25) is 0 Å². The molecule has 0 amide bonds. The van der Waals surface area contributed by atoms with E-state index in [2.05, 4.69) is 31.1 Å². The van der Waals surface area contributed by atoms with Gasteiger partial charge in [-0.05, 0) is 33.7 Å². The third-order valence-electron chi connectivity index (χ3n) is 2.39. The fourth-order valence-corrected chi connectivity index (χ4v) is 2.53. The molecule has 92 valence electrons. The van der Waals surface area contributed by atoms with Gasteiger partial charge in [0.2, 0.25) is 0 Å². The summed E-state index contributed by atoms with van der Waals surface area (Å²) in [6, 6.07) is 0. The van der Waals surface area contributed by atoms with Crippen LogP contribution in [0.25, 0.3) is 0 Å². The average molecular weight is 242 g/mol. The van der Waals surface area contributed by atoms with E-state index in [1.807, 2.05) is 6.92 Å². The molecule has 0 aliphatic carbocycles. The van der Waals surface area contributed by atoms with Crippen LogP contribution in [0, 0.1) is 6.92 Å². The minimum absolute atomic E-state index is 0.119. The van der Waals surface area contributed by atoms with Gasteiger partial charge in [-0.25, -0.2) is 4.98 Å². The van der Waals surface area contributed by atoms with E-state index in [0.29, 0.717) is 0 Å². The van der Waals surface area contributed by atoms with Crippen molar-refractivity contribution in [2.45, 2.75) is 46.8 Å². The Balaban J connectivity index is 2.58. The zero-order valence-corrected chi connectivity index (χ0v) is 11.5. The SMILES string of the molecule is CCCNCc1sc(C(C)OCC)nc1C. The third-order valence-corrected chi connectivity index (χ3v) is 3.70. The lowest BCUT2D eigenvalue weighted by Crippen LogP contribution is -2.13. The van der Waals surface area contributed by atoms with Gasteiger partial charge < -0.3 is 10.1 Å². The van der Waals surface area contributed by atoms with Crippen molar-refractivity contribution in [3.8, 4) is 0 Å². The van der Waals surface area contributed by atoms with E-state index in [1.54, 1.807) is 11.3 Å². The highest BCUT2D eigenvalue weighted by molar-refractivity contribution is 7.11. The monoisotopic (exact) mass is 242 g/mol. The number of hydrogen-bond acceptors (Lipinski definition) is 4. The highest BCUT2D eigenvalue weighted by Crippen LogP contribution is 2.25. The highest BCUT2D eigenvalue weighted by atomic mass is 32.1. The van der Waals surface area contributed by atoms with E-state index in [4.69, 9.17) is 4.74 Å². The topological polar surface area (TPSA) is 34.1 Å². The number of ether oxygens (including phenoxy) is 1. The fourth-order valence-electron chi connectivity index (χ4n) is 1.49. The quantitative estimate of drug-likeness (QED) is 0.746. The number of nitrogens with one attached hydrogen (secondary N) is 1. The van der Waals surface area contributed by atoms with E-state index in [0.717, 1.165) is 30.4 Å². The van der Waals surface area contributed by atoms with Gasteiger partial charge in [0, 0.05) is 18.0 Å². The molecule has 3 nitrogen and oxygen atoms in total. The molecule has 0 bridgehead atoms. The number of hydrogen-bond donors (Lipinski definition) is 1. The lowest BCUT2D eigenvalue weighted by Gasteiger charge is -2.06. The van der Waals surface area contributed by atoms with Crippen molar-refractivity contribution in [3.05, 3.63) is 15.6 Å². The summed E-state index contributed by atoms with van der Waals surface area (Å²) in [6.45, 7) is 11.1. The fraction of sp³-hybridized carbons (Fsp3) is 0.750. The molecule has 1 N–H and O–H groups in total. The molecule has 1 aromatic rings. The summed E-state index contributed by atoms with van der Waals surface area (Å²) >= 11 is 1.76. The summed E-state index contributed by atoms with van der Waals surface area (Å²) in [5, 5.41) is 4.50. The molecule has 1 rings (SSSR count). The minimum Gasteiger partial charge on any atom is -0.372 e. The molecule has 0 spiro atoms. The average Bonchev–Trinajstić information content (AvgIpc) is 2.61. The molecule has 0 saturated heterocycles. The molecule has 16 heavy (non-hydrogen) atoms. The van der Waals surface area contributed by atoms with Gasteiger partial charge >= 0.3 is 0 Å². The zero-order valence-electron chi connectivity index (χ0n) is 10.7. The van der Waals surface area contributed by atoms with E-state index in [9.17, 15) is 0 Å². The molecule has 1 heterocycles. The molecular formula is C12H22N2OS. The number of aryl methyl sites for hydroxylation is 1. The van der Waals surface area contributed by atoms with Gasteiger partial charge in [0.15, 0.2) is 0 Å². The predicted molar refractivity (Wildman–Crippen MR) is 68.9 cm³/mol. The summed E-state index contributed by atoms with van der Waals surface area (Å²) in [5.41, 5.74) is 1.13. The predicted octanol–water partition coefficient (Wildman–Crippen LogP) is 3.05. The van der Waals surface area contributed by atoms with Crippen LogP contribution < -0.4 is 5.32 Å². The van der Waals surface area contributed by atoms with Crippen LogP contribution >= 0.6 is 11.3 Å². The van der Waals surface area contributed by atoms with Gasteiger partial charge in [-0.15, -0.1) is 11.3 Å². The first-order valence-corrected chi connectivity index (χ1v) is 6.79. The van der Waals surface area contributed by atoms with Crippen LogP contribution in [0.3, 0.4) is 0 Å². The van der Waals surface area contributed by atoms with Gasteiger partial charge in [-0.2, -0.15) is 0 Å². The van der Waals surface area contributed by atoms with Gasteiger partial charge in [-0.1, -0.05) is 6.92 Å². The van der Waals surface area contributed by atoms with Crippen LogP contribution in [0.4, 0.5) is 0 Å². The number of thiazole rings is 1. The standard InChI is InChI=1S/C12H22N2OS/c1-5-7-13-8-11-9(3)14-12(16-11)10(4)15-6-2/h10,13H,5-8H2,1-4H3. The van der Waals surface area contributed by atoms with Crippen LogP contribution in [-0.2, 0) is 11.3 Å². The van der Waals surface area contributed by atoms with Crippen molar-refractivity contribution >= 4 is 11.3 Å². The van der Waals surface area contributed by atoms with Crippen LogP contribution in [0.5, 0.6) is 0 Å². The second kappa shape index (κ2) is 6.99. The summed E-state index contributed by atoms with van der Waals surface area (Å²) < 4.78 is 5.55. The molecule has 1 aromatic heterocycles. The van der Waals surface area contributed by atoms with Crippen molar-refractivity contribution in [3.63, 3.8) is 0 Å². The highest BCUT2D eigenvalue weighted by Gasteiger charge is 2.13. The molecule has 0 aliphatic rings. The van der Waals surface area contributed by atoms with Crippen LogP contribution in [0.15, 0.2) is 0 Å². The first-order chi connectivity index (χ1) is 7.69. The smallest absolute Gasteiger partial charge is 0.122 e. The van der Waals surface area contributed by atoms with Gasteiger partial charge in [0.05, 0.1) is 5.69 Å². The Hall–Kier alpha value is -0.450. The van der Waals surface area contributed by atoms with Gasteiger partial charge in [0.25, 0.3) is 0 Å². The third kappa shape index (κ3) is 3.85. The molecule has 4 heteroatoms.